The van der Waals surface area contributed by atoms with Crippen LogP contribution in [0, 0.1) is 34.5 Å². The Labute approximate surface area is 170 Å². The zero-order valence-electron chi connectivity index (χ0n) is 18.5. The van der Waals surface area contributed by atoms with E-state index in [1.54, 1.807) is 32.1 Å². The molecule has 0 N–H and O–H groups in total. The van der Waals surface area contributed by atoms with E-state index in [0.717, 1.165) is 34.5 Å². The van der Waals surface area contributed by atoms with Crippen molar-refractivity contribution in [1.29, 1.82) is 0 Å². The Bertz CT molecular complexity index is 464. The molecule has 0 radical (unpaired) electrons. The van der Waals surface area contributed by atoms with Gasteiger partial charge in [-0.25, -0.2) is 0 Å². The summed E-state index contributed by atoms with van der Waals surface area (Å²) >= 11 is 0. The van der Waals surface area contributed by atoms with Crippen LogP contribution >= 0.6 is 0 Å². The average Bonchev–Trinajstić information content (AvgIpc) is 2.64. The topological polar surface area (TPSA) is 0 Å². The number of rotatable bonds is 9. The van der Waals surface area contributed by atoms with Crippen LogP contribution in [0.2, 0.25) is 0 Å². The molecule has 0 heteroatoms. The summed E-state index contributed by atoms with van der Waals surface area (Å²) in [6.45, 7) is 4.70. The van der Waals surface area contributed by atoms with E-state index in [2.05, 4.69) is 26.0 Å². The van der Waals surface area contributed by atoms with Gasteiger partial charge in [0.2, 0.25) is 0 Å². The molecule has 0 spiro atoms. The van der Waals surface area contributed by atoms with Crippen molar-refractivity contribution in [2.24, 2.45) is 34.5 Å². The van der Waals surface area contributed by atoms with Crippen molar-refractivity contribution in [3.8, 4) is 0 Å². The molecule has 0 unspecified atom stereocenters. The molecule has 0 saturated heterocycles. The Morgan fingerprint density at radius 1 is 0.704 bits per heavy atom. The molecular weight excluding hydrogens is 324 g/mol. The van der Waals surface area contributed by atoms with Crippen LogP contribution in [0.3, 0.4) is 0 Å². The Balaban J connectivity index is 1.13. The summed E-state index contributed by atoms with van der Waals surface area (Å²) in [5, 5.41) is 0. The monoisotopic (exact) mass is 370 g/mol. The summed E-state index contributed by atoms with van der Waals surface area (Å²) < 4.78 is 0. The highest BCUT2D eigenvalue weighted by Gasteiger charge is 2.68. The lowest BCUT2D eigenvalue weighted by Crippen LogP contribution is -2.64. The summed E-state index contributed by atoms with van der Waals surface area (Å²) in [7, 11) is 0. The van der Waals surface area contributed by atoms with Crippen molar-refractivity contribution in [3.63, 3.8) is 0 Å². The normalized spacial score (nSPS) is 44.1. The molecule has 5 fully saturated rings. The SMILES string of the molecule is CCCCC[C@H]1CC[C@H](/C=C\C2CCC(C34CC(CCC)(C3)C4)CC2)CC1. The summed E-state index contributed by atoms with van der Waals surface area (Å²) in [5.41, 5.74) is 1.70. The average molecular weight is 371 g/mol. The van der Waals surface area contributed by atoms with Crippen LogP contribution in [0.1, 0.15) is 123 Å². The zero-order chi connectivity index (χ0) is 18.7. The first-order valence-corrected chi connectivity index (χ1v) is 12.9. The van der Waals surface area contributed by atoms with Gasteiger partial charge in [-0.3, -0.25) is 0 Å². The second-order valence-electron chi connectivity index (χ2n) is 11.4. The van der Waals surface area contributed by atoms with Gasteiger partial charge in [-0.15, -0.1) is 0 Å². The number of hydrogen-bond acceptors (Lipinski definition) is 0. The molecule has 2 bridgehead atoms. The maximum Gasteiger partial charge on any atom is -0.0233 e. The molecule has 0 atom stereocenters. The highest BCUT2D eigenvalue weighted by molar-refractivity contribution is 5.19. The summed E-state index contributed by atoms with van der Waals surface area (Å²) in [4.78, 5) is 0. The van der Waals surface area contributed by atoms with E-state index >= 15 is 0 Å². The fraction of sp³-hybridized carbons (Fsp3) is 0.926. The van der Waals surface area contributed by atoms with Crippen LogP contribution in [-0.4, -0.2) is 0 Å². The second kappa shape index (κ2) is 8.62. The number of allylic oxidation sites excluding steroid dienone is 2. The maximum absolute atomic E-state index is 2.67. The molecular formula is C27H46. The predicted octanol–water partition coefficient (Wildman–Crippen LogP) is 8.71. The third-order valence-corrected chi connectivity index (χ3v) is 9.36. The zero-order valence-corrected chi connectivity index (χ0v) is 18.5. The molecule has 5 aliphatic carbocycles. The fourth-order valence-electron chi connectivity index (χ4n) is 7.90. The Morgan fingerprint density at radius 2 is 1.30 bits per heavy atom. The van der Waals surface area contributed by atoms with Crippen molar-refractivity contribution >= 4 is 0 Å². The lowest BCUT2D eigenvalue weighted by Gasteiger charge is -2.75. The first-order valence-electron chi connectivity index (χ1n) is 12.9. The molecule has 0 heterocycles. The standard InChI is InChI=1S/C27H46/c1-3-5-6-7-22-8-10-23(11-9-22)12-13-24-14-16-25(17-15-24)27-19-26(20-27,21-27)18-4-2/h12-13,22-25H,3-11,14-21H2,1-2H3/b13-12-/t22-,23-,24?,25?,26?,27?. The smallest absolute Gasteiger partial charge is 0.0233 e. The van der Waals surface area contributed by atoms with Gasteiger partial charge in [-0.2, -0.15) is 0 Å². The van der Waals surface area contributed by atoms with Crippen molar-refractivity contribution < 1.29 is 0 Å². The minimum atomic E-state index is 0.847. The van der Waals surface area contributed by atoms with Crippen LogP contribution < -0.4 is 0 Å². The third kappa shape index (κ3) is 4.35. The van der Waals surface area contributed by atoms with E-state index in [1.165, 1.54) is 77.0 Å². The van der Waals surface area contributed by atoms with Gasteiger partial charge in [-0.05, 0) is 112 Å². The van der Waals surface area contributed by atoms with Crippen LogP contribution in [-0.2, 0) is 0 Å². The van der Waals surface area contributed by atoms with Crippen molar-refractivity contribution in [2.75, 3.05) is 0 Å². The second-order valence-corrected chi connectivity index (χ2v) is 11.4. The first kappa shape index (κ1) is 20.0. The van der Waals surface area contributed by atoms with Crippen LogP contribution in [0.15, 0.2) is 12.2 Å². The molecule has 27 heavy (non-hydrogen) atoms. The predicted molar refractivity (Wildman–Crippen MR) is 118 cm³/mol. The molecule has 0 aromatic heterocycles. The van der Waals surface area contributed by atoms with Gasteiger partial charge >= 0.3 is 0 Å². The van der Waals surface area contributed by atoms with Crippen LogP contribution in [0.4, 0.5) is 0 Å². The maximum atomic E-state index is 2.67. The highest BCUT2D eigenvalue weighted by atomic mass is 14.7. The molecule has 5 rings (SSSR count). The molecule has 0 amide bonds. The minimum Gasteiger partial charge on any atom is -0.0851 e. The van der Waals surface area contributed by atoms with Crippen molar-refractivity contribution in [2.45, 2.75) is 123 Å². The summed E-state index contributed by atoms with van der Waals surface area (Å²) in [6, 6.07) is 0. The van der Waals surface area contributed by atoms with Gasteiger partial charge in [0.15, 0.2) is 0 Å². The van der Waals surface area contributed by atoms with Gasteiger partial charge in [0, 0.05) is 0 Å². The Hall–Kier alpha value is -0.260. The van der Waals surface area contributed by atoms with E-state index in [9.17, 15) is 0 Å². The molecule has 0 nitrogen and oxygen atoms in total. The van der Waals surface area contributed by atoms with Gasteiger partial charge < -0.3 is 0 Å². The van der Waals surface area contributed by atoms with Gasteiger partial charge in [0.1, 0.15) is 0 Å². The van der Waals surface area contributed by atoms with E-state index in [4.69, 9.17) is 0 Å². The number of hydrogen-bond donors (Lipinski definition) is 0. The lowest BCUT2D eigenvalue weighted by atomic mass is 9.30. The van der Waals surface area contributed by atoms with Gasteiger partial charge in [0.25, 0.3) is 0 Å². The lowest BCUT2D eigenvalue weighted by molar-refractivity contribution is -0.245. The van der Waals surface area contributed by atoms with E-state index in [-0.39, 0.29) is 0 Å². The quantitative estimate of drug-likeness (QED) is 0.281. The first-order chi connectivity index (χ1) is 13.2. The van der Waals surface area contributed by atoms with Crippen molar-refractivity contribution in [1.82, 2.24) is 0 Å². The minimum absolute atomic E-state index is 0.847. The van der Waals surface area contributed by atoms with Crippen molar-refractivity contribution in [3.05, 3.63) is 12.2 Å². The third-order valence-electron chi connectivity index (χ3n) is 9.36. The number of unbranched alkanes of at least 4 members (excludes halogenated alkanes) is 2. The molecule has 154 valence electrons. The molecule has 0 aliphatic heterocycles. The van der Waals surface area contributed by atoms with E-state index < -0.39 is 0 Å². The Kier molecular flexibility index (Phi) is 6.40. The molecule has 0 aromatic carbocycles. The molecule has 0 aromatic rings. The largest absolute Gasteiger partial charge is 0.0851 e. The van der Waals surface area contributed by atoms with E-state index in [0.29, 0.717) is 0 Å². The molecule has 5 aliphatic rings. The van der Waals surface area contributed by atoms with Crippen LogP contribution in [0.25, 0.3) is 0 Å². The van der Waals surface area contributed by atoms with Crippen LogP contribution in [0.5, 0.6) is 0 Å². The summed E-state index contributed by atoms with van der Waals surface area (Å²) in [6.07, 6.45) is 30.9. The fourth-order valence-corrected chi connectivity index (χ4v) is 7.90. The summed E-state index contributed by atoms with van der Waals surface area (Å²) in [5.74, 6) is 3.98. The Morgan fingerprint density at radius 3 is 1.85 bits per heavy atom. The molecule has 5 saturated carbocycles. The van der Waals surface area contributed by atoms with Gasteiger partial charge in [0.05, 0.1) is 0 Å². The van der Waals surface area contributed by atoms with Gasteiger partial charge in [-0.1, -0.05) is 58.1 Å². The highest BCUT2D eigenvalue weighted by Crippen LogP contribution is 2.79. The van der Waals surface area contributed by atoms with E-state index in [1.807, 2.05) is 0 Å².